The average Bonchev–Trinajstić information content (AvgIpc) is 3.37. The highest BCUT2D eigenvalue weighted by Gasteiger charge is 2.17. The lowest BCUT2D eigenvalue weighted by Gasteiger charge is -2.20. The van der Waals surface area contributed by atoms with Crippen LogP contribution >= 0.6 is 0 Å². The number of aryl methyl sites for hydroxylation is 1. The number of hydrogen-bond donors (Lipinski definition) is 1. The molecule has 0 fully saturated rings. The first kappa shape index (κ1) is 19.2. The van der Waals surface area contributed by atoms with Gasteiger partial charge in [-0.2, -0.15) is 5.26 Å². The van der Waals surface area contributed by atoms with Crippen molar-refractivity contribution >= 4 is 22.8 Å². The molecule has 1 N–H and O–H groups in total. The van der Waals surface area contributed by atoms with Gasteiger partial charge in [-0.25, -0.2) is 0 Å². The van der Waals surface area contributed by atoms with E-state index in [0.717, 1.165) is 16.5 Å². The Morgan fingerprint density at radius 1 is 1.21 bits per heavy atom. The van der Waals surface area contributed by atoms with Crippen LogP contribution in [0.3, 0.4) is 0 Å². The summed E-state index contributed by atoms with van der Waals surface area (Å²) in [5, 5.41) is 9.85. The molecule has 0 aliphatic heterocycles. The molecule has 0 radical (unpaired) electrons. The van der Waals surface area contributed by atoms with Crippen molar-refractivity contribution in [3.05, 3.63) is 60.2 Å². The normalized spacial score (nSPS) is 10.5. The molecule has 1 amide bonds. The van der Waals surface area contributed by atoms with Crippen LogP contribution in [-0.2, 0) is 27.3 Å². The summed E-state index contributed by atoms with van der Waals surface area (Å²) in [6.45, 7) is 0.141. The van der Waals surface area contributed by atoms with Crippen molar-refractivity contribution in [2.24, 2.45) is 0 Å². The SMILES string of the molecule is N#CCCN(Cc1ccco1)C(=O)COC(=O)CCc1c[nH]c2ccccc12. The van der Waals surface area contributed by atoms with Gasteiger partial charge in [0.25, 0.3) is 5.91 Å². The average molecular weight is 379 g/mol. The zero-order valence-corrected chi connectivity index (χ0v) is 15.4. The van der Waals surface area contributed by atoms with Gasteiger partial charge in [-0.15, -0.1) is 0 Å². The van der Waals surface area contributed by atoms with Gasteiger partial charge in [0.15, 0.2) is 6.61 Å². The number of benzene rings is 1. The van der Waals surface area contributed by atoms with Gasteiger partial charge in [0.05, 0.1) is 25.3 Å². The number of nitriles is 1. The van der Waals surface area contributed by atoms with Gasteiger partial charge >= 0.3 is 5.97 Å². The summed E-state index contributed by atoms with van der Waals surface area (Å²) in [7, 11) is 0. The first-order valence-electron chi connectivity index (χ1n) is 9.05. The van der Waals surface area contributed by atoms with Crippen molar-refractivity contribution in [3.8, 4) is 6.07 Å². The molecule has 0 atom stereocenters. The second-order valence-corrected chi connectivity index (χ2v) is 6.32. The van der Waals surface area contributed by atoms with Gasteiger partial charge in [0.1, 0.15) is 5.76 Å². The third-order valence-electron chi connectivity index (χ3n) is 4.40. The molecule has 0 aliphatic carbocycles. The topological polar surface area (TPSA) is 99.3 Å². The van der Waals surface area contributed by atoms with E-state index in [1.807, 2.05) is 36.5 Å². The standard InChI is InChI=1S/C21H21N3O4/c22-10-4-11-24(14-17-5-3-12-27-17)20(25)15-28-21(26)9-8-16-13-23-19-7-2-1-6-18(16)19/h1-3,5-7,12-13,23H,4,8-9,11,14-15H2. The largest absolute Gasteiger partial charge is 0.467 e. The summed E-state index contributed by atoms with van der Waals surface area (Å²) in [6, 6.07) is 13.4. The molecule has 0 spiro atoms. The minimum absolute atomic E-state index is 0.186. The van der Waals surface area contributed by atoms with E-state index in [0.29, 0.717) is 12.2 Å². The molecule has 2 heterocycles. The first-order chi connectivity index (χ1) is 13.7. The second kappa shape index (κ2) is 9.42. The van der Waals surface area contributed by atoms with Gasteiger partial charge in [0, 0.05) is 30.1 Å². The molecule has 0 unspecified atom stereocenters. The van der Waals surface area contributed by atoms with Gasteiger partial charge in [0.2, 0.25) is 0 Å². The maximum absolute atomic E-state index is 12.4. The predicted octanol–water partition coefficient (Wildman–Crippen LogP) is 3.18. The highest BCUT2D eigenvalue weighted by Crippen LogP contribution is 2.19. The van der Waals surface area contributed by atoms with Crippen LogP contribution in [0.5, 0.6) is 0 Å². The molecule has 0 saturated heterocycles. The summed E-state index contributed by atoms with van der Waals surface area (Å²) in [4.78, 5) is 29.1. The second-order valence-electron chi connectivity index (χ2n) is 6.32. The van der Waals surface area contributed by atoms with Gasteiger partial charge in [-0.3, -0.25) is 9.59 Å². The molecular formula is C21H21N3O4. The lowest BCUT2D eigenvalue weighted by atomic mass is 10.1. The Kier molecular flexibility index (Phi) is 6.47. The maximum atomic E-state index is 12.4. The number of rotatable bonds is 9. The van der Waals surface area contributed by atoms with Gasteiger partial charge < -0.3 is 19.0 Å². The fraction of sp³-hybridized carbons (Fsp3) is 0.286. The fourth-order valence-corrected chi connectivity index (χ4v) is 2.95. The highest BCUT2D eigenvalue weighted by atomic mass is 16.5. The number of H-pyrrole nitrogens is 1. The number of carbonyl (C=O) groups excluding carboxylic acids is 2. The highest BCUT2D eigenvalue weighted by molar-refractivity contribution is 5.84. The molecule has 3 rings (SSSR count). The summed E-state index contributed by atoms with van der Waals surface area (Å²) < 4.78 is 10.4. The van der Waals surface area contributed by atoms with Crippen LogP contribution in [0.25, 0.3) is 10.9 Å². The van der Waals surface area contributed by atoms with E-state index in [-0.39, 0.29) is 38.4 Å². The smallest absolute Gasteiger partial charge is 0.306 e. The Morgan fingerprint density at radius 2 is 2.07 bits per heavy atom. The van der Waals surface area contributed by atoms with Crippen molar-refractivity contribution in [1.82, 2.24) is 9.88 Å². The summed E-state index contributed by atoms with van der Waals surface area (Å²) >= 11 is 0. The molecule has 1 aromatic carbocycles. The Labute approximate surface area is 162 Å². The molecule has 28 heavy (non-hydrogen) atoms. The molecule has 0 saturated carbocycles. The predicted molar refractivity (Wildman–Crippen MR) is 102 cm³/mol. The molecule has 2 aromatic heterocycles. The molecule has 0 aliphatic rings. The van der Waals surface area contributed by atoms with E-state index in [9.17, 15) is 9.59 Å². The van der Waals surface area contributed by atoms with Gasteiger partial charge in [-0.05, 0) is 30.2 Å². The first-order valence-corrected chi connectivity index (χ1v) is 9.05. The van der Waals surface area contributed by atoms with Crippen molar-refractivity contribution in [1.29, 1.82) is 5.26 Å². The number of furan rings is 1. The van der Waals surface area contributed by atoms with Crippen LogP contribution in [0.2, 0.25) is 0 Å². The summed E-state index contributed by atoms with van der Waals surface area (Å²) in [6.07, 6.45) is 4.32. The van der Waals surface area contributed by atoms with E-state index in [2.05, 4.69) is 4.98 Å². The lowest BCUT2D eigenvalue weighted by Crippen LogP contribution is -2.35. The van der Waals surface area contributed by atoms with Crippen LogP contribution in [0.15, 0.2) is 53.3 Å². The molecule has 0 bridgehead atoms. The number of amides is 1. The van der Waals surface area contributed by atoms with E-state index in [1.54, 1.807) is 12.1 Å². The van der Waals surface area contributed by atoms with E-state index >= 15 is 0 Å². The molecule has 7 nitrogen and oxygen atoms in total. The number of carbonyl (C=O) groups is 2. The number of hydrogen-bond acceptors (Lipinski definition) is 5. The van der Waals surface area contributed by atoms with Gasteiger partial charge in [-0.1, -0.05) is 18.2 Å². The molecule has 144 valence electrons. The van der Waals surface area contributed by atoms with E-state index < -0.39 is 5.97 Å². The van der Waals surface area contributed by atoms with Crippen LogP contribution in [0.4, 0.5) is 0 Å². The number of esters is 1. The van der Waals surface area contributed by atoms with Crippen LogP contribution in [-0.4, -0.2) is 34.9 Å². The van der Waals surface area contributed by atoms with Crippen molar-refractivity contribution in [3.63, 3.8) is 0 Å². The number of aromatic nitrogens is 1. The summed E-state index contributed by atoms with van der Waals surface area (Å²) in [5.74, 6) is -0.180. The van der Waals surface area contributed by atoms with Crippen LogP contribution in [0.1, 0.15) is 24.2 Å². The summed E-state index contributed by atoms with van der Waals surface area (Å²) in [5.41, 5.74) is 2.06. The zero-order valence-electron chi connectivity index (χ0n) is 15.4. The third-order valence-corrected chi connectivity index (χ3v) is 4.40. The number of ether oxygens (including phenoxy) is 1. The molecule has 7 heteroatoms. The molecule has 3 aromatic rings. The monoisotopic (exact) mass is 379 g/mol. The Morgan fingerprint density at radius 3 is 2.86 bits per heavy atom. The van der Waals surface area contributed by atoms with E-state index in [1.165, 1.54) is 11.2 Å². The molecular weight excluding hydrogens is 358 g/mol. The van der Waals surface area contributed by atoms with Crippen molar-refractivity contribution in [2.75, 3.05) is 13.2 Å². The third kappa shape index (κ3) is 5.01. The Balaban J connectivity index is 1.49. The minimum Gasteiger partial charge on any atom is -0.467 e. The quantitative estimate of drug-likeness (QED) is 0.576. The fourth-order valence-electron chi connectivity index (χ4n) is 2.95. The van der Waals surface area contributed by atoms with Crippen LogP contribution < -0.4 is 0 Å². The number of aromatic amines is 1. The lowest BCUT2D eigenvalue weighted by molar-refractivity contribution is -0.152. The number of para-hydroxylation sites is 1. The minimum atomic E-state index is -0.433. The van der Waals surface area contributed by atoms with Crippen molar-refractivity contribution in [2.45, 2.75) is 25.8 Å². The zero-order chi connectivity index (χ0) is 19.8. The number of fused-ring (bicyclic) bond motifs is 1. The van der Waals surface area contributed by atoms with E-state index in [4.69, 9.17) is 14.4 Å². The van der Waals surface area contributed by atoms with Crippen LogP contribution in [0, 0.1) is 11.3 Å². The van der Waals surface area contributed by atoms with Crippen molar-refractivity contribution < 1.29 is 18.7 Å². The number of nitrogens with zero attached hydrogens (tertiary/aromatic N) is 2. The Hall–Kier alpha value is -3.53. The maximum Gasteiger partial charge on any atom is 0.306 e. The Bertz CT molecular complexity index is 969. The number of nitrogens with one attached hydrogen (secondary N) is 1.